The van der Waals surface area contributed by atoms with E-state index in [1.54, 1.807) is 0 Å². The maximum absolute atomic E-state index is 13.2. The molecule has 7 rings (SSSR count). The first-order valence-corrected chi connectivity index (χ1v) is 7.67. The zero-order chi connectivity index (χ0) is 13.3. The first-order valence-electron chi connectivity index (χ1n) is 7.67. The standard InChI is InChI=1S/C17H16FNO/c18-6-16-9-12-10(16)14-11(16)13(9)17(12,14)7-19-15(20)8-4-2-1-3-5-8/h1-5,9-14H,6-7H2,(H,19,20). The van der Waals surface area contributed by atoms with Crippen LogP contribution in [0.5, 0.6) is 0 Å². The molecule has 0 heterocycles. The van der Waals surface area contributed by atoms with Gasteiger partial charge in [-0.1, -0.05) is 18.2 Å². The molecule has 3 heteroatoms. The van der Waals surface area contributed by atoms with Crippen molar-refractivity contribution < 1.29 is 9.18 Å². The maximum atomic E-state index is 13.2. The molecule has 1 N–H and O–H groups in total. The minimum Gasteiger partial charge on any atom is -0.351 e. The van der Waals surface area contributed by atoms with Crippen LogP contribution >= 0.6 is 0 Å². The molecule has 0 aromatic heterocycles. The van der Waals surface area contributed by atoms with E-state index in [4.69, 9.17) is 0 Å². The lowest BCUT2D eigenvalue weighted by molar-refractivity contribution is -0.656. The zero-order valence-electron chi connectivity index (χ0n) is 11.1. The van der Waals surface area contributed by atoms with Gasteiger partial charge in [0.25, 0.3) is 5.91 Å². The molecule has 1 amide bonds. The molecular formula is C17H16FNO. The highest BCUT2D eigenvalue weighted by Crippen LogP contribution is 3.10. The van der Waals surface area contributed by atoms with Gasteiger partial charge in [-0.05, 0) is 53.1 Å². The summed E-state index contributed by atoms with van der Waals surface area (Å²) in [6.45, 7) is 0.746. The van der Waals surface area contributed by atoms with E-state index in [1.165, 1.54) is 0 Å². The largest absolute Gasteiger partial charge is 0.351 e. The van der Waals surface area contributed by atoms with Crippen LogP contribution in [0.4, 0.5) is 4.39 Å². The summed E-state index contributed by atoms with van der Waals surface area (Å²) in [6, 6.07) is 9.42. The Morgan fingerprint density at radius 1 is 1.00 bits per heavy atom. The van der Waals surface area contributed by atoms with Gasteiger partial charge in [-0.2, -0.15) is 0 Å². The van der Waals surface area contributed by atoms with Crippen LogP contribution < -0.4 is 5.32 Å². The highest BCUT2D eigenvalue weighted by Gasteiger charge is 3.09. The molecule has 0 saturated heterocycles. The average Bonchev–Trinajstić information content (AvgIpc) is 2.53. The number of rotatable bonds is 4. The van der Waals surface area contributed by atoms with E-state index >= 15 is 0 Å². The number of alkyl halides is 1. The van der Waals surface area contributed by atoms with Crippen molar-refractivity contribution in [1.82, 2.24) is 5.32 Å². The van der Waals surface area contributed by atoms with E-state index in [0.717, 1.165) is 29.9 Å². The van der Waals surface area contributed by atoms with Gasteiger partial charge in [-0.3, -0.25) is 9.18 Å². The van der Waals surface area contributed by atoms with E-state index < -0.39 is 0 Å². The van der Waals surface area contributed by atoms with Gasteiger partial charge in [0, 0.05) is 17.5 Å². The number of halogens is 1. The van der Waals surface area contributed by atoms with E-state index in [9.17, 15) is 9.18 Å². The normalized spacial score (nSPS) is 57.2. The third-order valence-electron chi connectivity index (χ3n) is 7.87. The molecule has 0 spiro atoms. The summed E-state index contributed by atoms with van der Waals surface area (Å²) in [5.74, 6) is 4.40. The third kappa shape index (κ3) is 0.640. The van der Waals surface area contributed by atoms with Crippen molar-refractivity contribution in [2.24, 2.45) is 46.3 Å². The summed E-state index contributed by atoms with van der Waals surface area (Å²) < 4.78 is 13.2. The van der Waals surface area contributed by atoms with Gasteiger partial charge in [-0.15, -0.1) is 0 Å². The van der Waals surface area contributed by atoms with Crippen molar-refractivity contribution in [2.75, 3.05) is 13.2 Å². The molecular weight excluding hydrogens is 253 g/mol. The second-order valence-corrected chi connectivity index (χ2v) is 7.56. The molecule has 0 aliphatic heterocycles. The van der Waals surface area contributed by atoms with Crippen molar-refractivity contribution in [3.05, 3.63) is 35.9 Å². The molecule has 6 aliphatic carbocycles. The molecule has 0 atom stereocenters. The summed E-state index contributed by atoms with van der Waals surface area (Å²) in [6.07, 6.45) is 0. The molecule has 6 fully saturated rings. The number of carbonyl (C=O) groups excluding carboxylic acids is 1. The lowest BCUT2D eigenvalue weighted by Crippen LogP contribution is -3.11. The van der Waals surface area contributed by atoms with E-state index in [-0.39, 0.29) is 18.0 Å². The average molecular weight is 269 g/mol. The van der Waals surface area contributed by atoms with Gasteiger partial charge in [0.15, 0.2) is 0 Å². The van der Waals surface area contributed by atoms with Crippen LogP contribution in [0.15, 0.2) is 30.3 Å². The highest BCUT2D eigenvalue weighted by atomic mass is 19.1. The Kier molecular flexibility index (Phi) is 1.39. The molecule has 1 aromatic carbocycles. The minimum atomic E-state index is -0.0804. The summed E-state index contributed by atoms with van der Waals surface area (Å²) in [4.78, 5) is 12.1. The summed E-state index contributed by atoms with van der Waals surface area (Å²) in [7, 11) is 0. The fraction of sp³-hybridized carbons (Fsp3) is 0.588. The fourth-order valence-corrected chi connectivity index (χ4v) is 7.52. The van der Waals surface area contributed by atoms with E-state index in [1.807, 2.05) is 30.3 Å². The second kappa shape index (κ2) is 2.68. The molecule has 6 saturated carbocycles. The third-order valence-corrected chi connectivity index (χ3v) is 7.87. The summed E-state index contributed by atoms with van der Waals surface area (Å²) >= 11 is 0. The van der Waals surface area contributed by atoms with Crippen molar-refractivity contribution in [3.8, 4) is 0 Å². The van der Waals surface area contributed by atoms with Gasteiger partial charge >= 0.3 is 0 Å². The molecule has 0 radical (unpaired) electrons. The molecule has 20 heavy (non-hydrogen) atoms. The van der Waals surface area contributed by atoms with Crippen molar-refractivity contribution in [3.63, 3.8) is 0 Å². The van der Waals surface area contributed by atoms with Gasteiger partial charge < -0.3 is 5.32 Å². The molecule has 6 aliphatic rings. The Balaban J connectivity index is 1.19. The Morgan fingerprint density at radius 2 is 1.55 bits per heavy atom. The Morgan fingerprint density at radius 3 is 2.10 bits per heavy atom. The SMILES string of the molecule is O=C(NCC12C3C4C1C1C2C3C41CF)c1ccccc1. The topological polar surface area (TPSA) is 29.1 Å². The van der Waals surface area contributed by atoms with Crippen LogP contribution in [0, 0.1) is 46.3 Å². The number of hydrogen-bond acceptors (Lipinski definition) is 1. The molecule has 0 bridgehead atoms. The number of amides is 1. The lowest BCUT2D eigenvalue weighted by Gasteiger charge is -3.11. The van der Waals surface area contributed by atoms with Gasteiger partial charge in [0.2, 0.25) is 0 Å². The maximum Gasteiger partial charge on any atom is 0.251 e. The van der Waals surface area contributed by atoms with Crippen LogP contribution in [0.25, 0.3) is 0 Å². The minimum absolute atomic E-state index is 0.0412. The second-order valence-electron chi connectivity index (χ2n) is 7.56. The number of nitrogens with one attached hydrogen (secondary N) is 1. The molecule has 1 aromatic rings. The zero-order valence-corrected chi connectivity index (χ0v) is 11.1. The van der Waals surface area contributed by atoms with Crippen LogP contribution in [0.1, 0.15) is 10.4 Å². The Hall–Kier alpha value is -1.38. The van der Waals surface area contributed by atoms with Crippen LogP contribution in [-0.4, -0.2) is 19.1 Å². The summed E-state index contributed by atoms with van der Waals surface area (Å²) in [5, 5.41) is 3.13. The Labute approximate surface area is 116 Å². The molecule has 102 valence electrons. The van der Waals surface area contributed by atoms with Crippen LogP contribution in [0.2, 0.25) is 0 Å². The quantitative estimate of drug-likeness (QED) is 0.891. The van der Waals surface area contributed by atoms with Crippen LogP contribution in [0.3, 0.4) is 0 Å². The number of benzene rings is 1. The van der Waals surface area contributed by atoms with E-state index in [2.05, 4.69) is 5.32 Å². The number of carbonyl (C=O) groups is 1. The lowest BCUT2D eigenvalue weighted by atomic mass is 8.92. The number of hydrogen-bond donors (Lipinski definition) is 1. The smallest absolute Gasteiger partial charge is 0.251 e. The van der Waals surface area contributed by atoms with Crippen LogP contribution in [-0.2, 0) is 0 Å². The van der Waals surface area contributed by atoms with Gasteiger partial charge in [-0.25, -0.2) is 0 Å². The Bertz CT molecular complexity index is 601. The monoisotopic (exact) mass is 269 g/mol. The van der Waals surface area contributed by atoms with Gasteiger partial charge in [0.05, 0.1) is 6.67 Å². The predicted molar refractivity (Wildman–Crippen MR) is 70.6 cm³/mol. The summed E-state index contributed by atoms with van der Waals surface area (Å²) in [5.41, 5.74) is 1.30. The molecule has 2 nitrogen and oxygen atoms in total. The molecule has 0 unspecified atom stereocenters. The van der Waals surface area contributed by atoms with Crippen molar-refractivity contribution >= 4 is 5.91 Å². The highest BCUT2D eigenvalue weighted by molar-refractivity contribution is 5.94. The first-order chi connectivity index (χ1) is 9.78. The fourth-order valence-electron chi connectivity index (χ4n) is 7.52. The van der Waals surface area contributed by atoms with Crippen molar-refractivity contribution in [1.29, 1.82) is 0 Å². The first kappa shape index (κ1) is 10.4. The predicted octanol–water partition coefficient (Wildman–Crippen LogP) is 2.12. The van der Waals surface area contributed by atoms with E-state index in [0.29, 0.717) is 23.2 Å². The van der Waals surface area contributed by atoms with Gasteiger partial charge in [0.1, 0.15) is 0 Å². The van der Waals surface area contributed by atoms with Crippen molar-refractivity contribution in [2.45, 2.75) is 0 Å².